The Balaban J connectivity index is 2.13. The average molecular weight is 328 g/mol. The van der Waals surface area contributed by atoms with Gasteiger partial charge >= 0.3 is 6.09 Å². The molecule has 0 spiro atoms. The average Bonchev–Trinajstić information content (AvgIpc) is 2.21. The van der Waals surface area contributed by atoms with Gasteiger partial charge in [-0.3, -0.25) is 0 Å². The molecule has 1 aliphatic rings. The standard InChI is InChI=1S/C14H18BrNO3/c1-13(2,3)19-12(17)16-14(8-18-9-14)10-5-4-6-11(15)7-10/h4-7H,8-9H2,1-3H3,(H,16,17). The molecular weight excluding hydrogens is 310 g/mol. The molecule has 2 rings (SSSR count). The van der Waals surface area contributed by atoms with Crippen molar-refractivity contribution < 1.29 is 14.3 Å². The maximum Gasteiger partial charge on any atom is 0.408 e. The maximum atomic E-state index is 11.9. The van der Waals surface area contributed by atoms with E-state index < -0.39 is 17.2 Å². The van der Waals surface area contributed by atoms with Crippen LogP contribution in [0, 0.1) is 0 Å². The van der Waals surface area contributed by atoms with Crippen molar-refractivity contribution in [3.05, 3.63) is 34.3 Å². The summed E-state index contributed by atoms with van der Waals surface area (Å²) in [5, 5.41) is 2.92. The van der Waals surface area contributed by atoms with Crippen molar-refractivity contribution in [2.45, 2.75) is 31.9 Å². The molecule has 0 atom stereocenters. The van der Waals surface area contributed by atoms with Crippen molar-refractivity contribution in [2.24, 2.45) is 0 Å². The number of carbonyl (C=O) groups excluding carboxylic acids is 1. The van der Waals surface area contributed by atoms with Crippen molar-refractivity contribution in [1.29, 1.82) is 0 Å². The lowest BCUT2D eigenvalue weighted by Crippen LogP contribution is -2.60. The summed E-state index contributed by atoms with van der Waals surface area (Å²) < 4.78 is 11.6. The Labute approximate surface area is 121 Å². The Morgan fingerprint density at radius 2 is 2.11 bits per heavy atom. The quantitative estimate of drug-likeness (QED) is 0.907. The third-order valence-corrected chi connectivity index (χ3v) is 3.31. The second-order valence-electron chi connectivity index (χ2n) is 5.71. The van der Waals surface area contributed by atoms with Gasteiger partial charge in [0.25, 0.3) is 0 Å². The summed E-state index contributed by atoms with van der Waals surface area (Å²) >= 11 is 3.44. The number of carbonyl (C=O) groups is 1. The largest absolute Gasteiger partial charge is 0.444 e. The molecule has 1 amide bonds. The molecule has 0 saturated carbocycles. The van der Waals surface area contributed by atoms with Crippen LogP contribution in [0.1, 0.15) is 26.3 Å². The second-order valence-corrected chi connectivity index (χ2v) is 6.63. The van der Waals surface area contributed by atoms with E-state index in [0.29, 0.717) is 13.2 Å². The van der Waals surface area contributed by atoms with Gasteiger partial charge in [0.1, 0.15) is 11.1 Å². The molecule has 5 heteroatoms. The molecule has 0 bridgehead atoms. The fourth-order valence-corrected chi connectivity index (χ4v) is 2.30. The SMILES string of the molecule is CC(C)(C)OC(=O)NC1(c2cccc(Br)c2)COC1. The number of hydrogen-bond acceptors (Lipinski definition) is 3. The lowest BCUT2D eigenvalue weighted by molar-refractivity contribution is -0.0797. The molecular formula is C14H18BrNO3. The number of halogens is 1. The number of amides is 1. The van der Waals surface area contributed by atoms with Gasteiger partial charge < -0.3 is 14.8 Å². The van der Waals surface area contributed by atoms with E-state index in [0.717, 1.165) is 10.0 Å². The molecule has 1 aromatic rings. The Morgan fingerprint density at radius 1 is 1.42 bits per heavy atom. The van der Waals surface area contributed by atoms with Crippen molar-refractivity contribution in [2.75, 3.05) is 13.2 Å². The molecule has 104 valence electrons. The van der Waals surface area contributed by atoms with Crippen LogP contribution in [0.25, 0.3) is 0 Å². The monoisotopic (exact) mass is 327 g/mol. The van der Waals surface area contributed by atoms with Gasteiger partial charge in [-0.05, 0) is 38.5 Å². The molecule has 0 radical (unpaired) electrons. The first-order valence-corrected chi connectivity index (χ1v) is 6.95. The van der Waals surface area contributed by atoms with Gasteiger partial charge in [0.15, 0.2) is 0 Å². The normalized spacial score (nSPS) is 17.5. The van der Waals surface area contributed by atoms with Crippen molar-refractivity contribution >= 4 is 22.0 Å². The molecule has 0 aliphatic carbocycles. The highest BCUT2D eigenvalue weighted by atomic mass is 79.9. The second kappa shape index (κ2) is 5.13. The van der Waals surface area contributed by atoms with Gasteiger partial charge in [0.05, 0.1) is 13.2 Å². The molecule has 0 aromatic heterocycles. The predicted octanol–water partition coefficient (Wildman–Crippen LogP) is 3.20. The highest BCUT2D eigenvalue weighted by Crippen LogP contribution is 2.31. The summed E-state index contributed by atoms with van der Waals surface area (Å²) in [6, 6.07) is 7.85. The van der Waals surface area contributed by atoms with Crippen LogP contribution in [0.5, 0.6) is 0 Å². The van der Waals surface area contributed by atoms with Crippen LogP contribution in [0.15, 0.2) is 28.7 Å². The lowest BCUT2D eigenvalue weighted by Gasteiger charge is -2.42. The summed E-state index contributed by atoms with van der Waals surface area (Å²) in [7, 11) is 0. The van der Waals surface area contributed by atoms with E-state index >= 15 is 0 Å². The first-order chi connectivity index (χ1) is 8.81. The third-order valence-electron chi connectivity index (χ3n) is 2.81. The zero-order valence-electron chi connectivity index (χ0n) is 11.3. The number of rotatable bonds is 2. The Kier molecular flexibility index (Phi) is 3.87. The van der Waals surface area contributed by atoms with Crippen LogP contribution < -0.4 is 5.32 Å². The smallest absolute Gasteiger partial charge is 0.408 e. The molecule has 1 aliphatic heterocycles. The van der Waals surface area contributed by atoms with E-state index in [9.17, 15) is 4.79 Å². The van der Waals surface area contributed by atoms with Crippen LogP contribution in [-0.2, 0) is 15.0 Å². The lowest BCUT2D eigenvalue weighted by atomic mass is 9.88. The van der Waals surface area contributed by atoms with Gasteiger partial charge in [-0.15, -0.1) is 0 Å². The Morgan fingerprint density at radius 3 is 2.58 bits per heavy atom. The number of ether oxygens (including phenoxy) is 2. The molecule has 1 aromatic carbocycles. The van der Waals surface area contributed by atoms with Crippen LogP contribution in [0.3, 0.4) is 0 Å². The topological polar surface area (TPSA) is 47.6 Å². The van der Waals surface area contributed by atoms with Gasteiger partial charge in [-0.1, -0.05) is 28.1 Å². The van der Waals surface area contributed by atoms with Crippen LogP contribution in [0.4, 0.5) is 4.79 Å². The number of benzene rings is 1. The fraction of sp³-hybridized carbons (Fsp3) is 0.500. The van der Waals surface area contributed by atoms with Crippen LogP contribution in [-0.4, -0.2) is 24.9 Å². The Bertz CT molecular complexity index is 478. The van der Waals surface area contributed by atoms with Crippen LogP contribution >= 0.6 is 15.9 Å². The number of alkyl carbamates (subject to hydrolysis) is 1. The van der Waals surface area contributed by atoms with Gasteiger partial charge in [-0.2, -0.15) is 0 Å². The number of hydrogen-bond donors (Lipinski definition) is 1. The molecule has 1 fully saturated rings. The number of nitrogens with one attached hydrogen (secondary N) is 1. The summed E-state index contributed by atoms with van der Waals surface area (Å²) in [5.74, 6) is 0. The first kappa shape index (κ1) is 14.3. The minimum absolute atomic E-state index is 0.421. The molecule has 4 nitrogen and oxygen atoms in total. The first-order valence-electron chi connectivity index (χ1n) is 6.16. The van der Waals surface area contributed by atoms with Crippen molar-refractivity contribution in [3.8, 4) is 0 Å². The molecule has 19 heavy (non-hydrogen) atoms. The maximum absolute atomic E-state index is 11.9. The fourth-order valence-electron chi connectivity index (χ4n) is 1.90. The van der Waals surface area contributed by atoms with Gasteiger partial charge in [0, 0.05) is 4.47 Å². The molecule has 0 unspecified atom stereocenters. The molecule has 1 N–H and O–H groups in total. The van der Waals surface area contributed by atoms with Gasteiger partial charge in [-0.25, -0.2) is 4.79 Å². The van der Waals surface area contributed by atoms with E-state index in [1.165, 1.54) is 0 Å². The highest BCUT2D eigenvalue weighted by Gasteiger charge is 2.42. The van der Waals surface area contributed by atoms with E-state index in [1.54, 1.807) is 0 Å². The summed E-state index contributed by atoms with van der Waals surface area (Å²) in [6.07, 6.45) is -0.421. The zero-order valence-corrected chi connectivity index (χ0v) is 12.9. The van der Waals surface area contributed by atoms with Crippen LogP contribution in [0.2, 0.25) is 0 Å². The summed E-state index contributed by atoms with van der Waals surface area (Å²) in [5.41, 5.74) is 0.0261. The van der Waals surface area contributed by atoms with E-state index in [2.05, 4.69) is 21.2 Å². The van der Waals surface area contributed by atoms with E-state index in [-0.39, 0.29) is 0 Å². The van der Waals surface area contributed by atoms with Gasteiger partial charge in [0.2, 0.25) is 0 Å². The molecule has 1 saturated heterocycles. The summed E-state index contributed by atoms with van der Waals surface area (Å²) in [6.45, 7) is 6.45. The predicted molar refractivity (Wildman–Crippen MR) is 76.0 cm³/mol. The molecule has 1 heterocycles. The van der Waals surface area contributed by atoms with Crippen molar-refractivity contribution in [1.82, 2.24) is 5.32 Å². The summed E-state index contributed by atoms with van der Waals surface area (Å²) in [4.78, 5) is 11.9. The minimum Gasteiger partial charge on any atom is -0.444 e. The van der Waals surface area contributed by atoms with E-state index in [1.807, 2.05) is 45.0 Å². The zero-order chi connectivity index (χ0) is 14.1. The Hall–Kier alpha value is -1.07. The van der Waals surface area contributed by atoms with Crippen molar-refractivity contribution in [3.63, 3.8) is 0 Å². The van der Waals surface area contributed by atoms with E-state index in [4.69, 9.17) is 9.47 Å². The third kappa shape index (κ3) is 3.48. The minimum atomic E-state index is -0.507. The highest BCUT2D eigenvalue weighted by molar-refractivity contribution is 9.10.